The van der Waals surface area contributed by atoms with Crippen LogP contribution in [0.2, 0.25) is 19.6 Å². The summed E-state index contributed by atoms with van der Waals surface area (Å²) in [6.45, 7) is 5.87. The van der Waals surface area contributed by atoms with E-state index in [0.717, 1.165) is 12.1 Å². The molecule has 1 rings (SSSR count). The van der Waals surface area contributed by atoms with Crippen molar-refractivity contribution in [1.29, 1.82) is 0 Å². The summed E-state index contributed by atoms with van der Waals surface area (Å²) in [5, 5.41) is 0. The van der Waals surface area contributed by atoms with E-state index in [2.05, 4.69) is 11.5 Å². The van der Waals surface area contributed by atoms with Crippen LogP contribution in [0.1, 0.15) is 15.9 Å². The zero-order valence-corrected chi connectivity index (χ0v) is 11.4. The average molecular weight is 270 g/mol. The molecule has 0 bridgehead atoms. The maximum Gasteiger partial charge on any atom is 0.416 e. The van der Waals surface area contributed by atoms with E-state index in [9.17, 15) is 18.0 Å². The van der Waals surface area contributed by atoms with Gasteiger partial charge >= 0.3 is 6.18 Å². The molecule has 5 heteroatoms. The summed E-state index contributed by atoms with van der Waals surface area (Å²) >= 11 is 0. The summed E-state index contributed by atoms with van der Waals surface area (Å²) in [5.41, 5.74) is 1.99. The van der Waals surface area contributed by atoms with Crippen LogP contribution in [0.15, 0.2) is 24.3 Å². The summed E-state index contributed by atoms with van der Waals surface area (Å²) in [6.07, 6.45) is -4.44. The minimum Gasteiger partial charge on any atom is -0.279 e. The second-order valence-electron chi connectivity index (χ2n) is 4.91. The Morgan fingerprint density at radius 2 is 1.83 bits per heavy atom. The molecule has 96 valence electrons. The standard InChI is InChI=1S/C13H13F3OSi/c1-18(2,3)8-7-12(17)10-5-4-6-11(9-10)13(14,15)16/h4-6,9H,1-3H3. The number of Topliss-reactive ketones (excluding diaryl/α,β-unsaturated/α-hetero) is 1. The fourth-order valence-corrected chi connectivity index (χ4v) is 1.64. The first kappa shape index (κ1) is 14.5. The minimum absolute atomic E-state index is 0.0180. The van der Waals surface area contributed by atoms with E-state index < -0.39 is 25.6 Å². The van der Waals surface area contributed by atoms with Crippen LogP contribution in [0, 0.1) is 11.5 Å². The van der Waals surface area contributed by atoms with Gasteiger partial charge < -0.3 is 0 Å². The van der Waals surface area contributed by atoms with Gasteiger partial charge in [0.15, 0.2) is 0 Å². The largest absolute Gasteiger partial charge is 0.416 e. The van der Waals surface area contributed by atoms with E-state index in [1.807, 2.05) is 19.6 Å². The highest BCUT2D eigenvalue weighted by Gasteiger charge is 2.30. The van der Waals surface area contributed by atoms with Crippen molar-refractivity contribution in [3.8, 4) is 11.5 Å². The Hall–Kier alpha value is -1.54. The summed E-state index contributed by atoms with van der Waals surface area (Å²) in [6, 6.07) is 4.33. The number of hydrogen-bond acceptors (Lipinski definition) is 1. The highest BCUT2D eigenvalue weighted by Crippen LogP contribution is 2.29. The van der Waals surface area contributed by atoms with Crippen LogP contribution in [-0.4, -0.2) is 13.9 Å². The number of ketones is 1. The number of halogens is 3. The van der Waals surface area contributed by atoms with Crippen LogP contribution in [0.3, 0.4) is 0 Å². The number of carbonyl (C=O) groups excluding carboxylic acids is 1. The minimum atomic E-state index is -4.44. The van der Waals surface area contributed by atoms with E-state index in [1.54, 1.807) is 0 Å². The SMILES string of the molecule is C[Si](C)(C)C#CC(=O)c1cccc(C(F)(F)F)c1. The van der Waals surface area contributed by atoms with Gasteiger partial charge in [-0.15, -0.1) is 5.54 Å². The maximum absolute atomic E-state index is 12.5. The molecule has 0 saturated carbocycles. The van der Waals surface area contributed by atoms with Crippen LogP contribution in [-0.2, 0) is 6.18 Å². The van der Waals surface area contributed by atoms with E-state index in [-0.39, 0.29) is 5.56 Å². The number of rotatable bonds is 1. The fraction of sp³-hybridized carbons (Fsp3) is 0.308. The molecule has 1 aromatic carbocycles. The van der Waals surface area contributed by atoms with Crippen LogP contribution in [0.25, 0.3) is 0 Å². The van der Waals surface area contributed by atoms with Gasteiger partial charge in [0.05, 0.1) is 5.56 Å². The van der Waals surface area contributed by atoms with Crippen LogP contribution in [0.4, 0.5) is 13.2 Å². The van der Waals surface area contributed by atoms with E-state index in [0.29, 0.717) is 0 Å². The second kappa shape index (κ2) is 4.98. The van der Waals surface area contributed by atoms with E-state index in [1.165, 1.54) is 12.1 Å². The number of hydrogen-bond donors (Lipinski definition) is 0. The van der Waals surface area contributed by atoms with Crippen molar-refractivity contribution in [2.24, 2.45) is 0 Å². The molecular weight excluding hydrogens is 257 g/mol. The molecule has 0 atom stereocenters. The smallest absolute Gasteiger partial charge is 0.279 e. The molecule has 0 spiro atoms. The van der Waals surface area contributed by atoms with Gasteiger partial charge in [0.2, 0.25) is 5.78 Å². The molecule has 0 saturated heterocycles. The van der Waals surface area contributed by atoms with E-state index >= 15 is 0 Å². The molecule has 0 N–H and O–H groups in total. The Morgan fingerprint density at radius 1 is 1.22 bits per heavy atom. The zero-order valence-electron chi connectivity index (χ0n) is 10.4. The predicted octanol–water partition coefficient (Wildman–Crippen LogP) is 3.77. The molecule has 0 aliphatic rings. The Morgan fingerprint density at radius 3 is 2.33 bits per heavy atom. The van der Waals surface area contributed by atoms with Crippen LogP contribution >= 0.6 is 0 Å². The summed E-state index contributed by atoms with van der Waals surface area (Å²) in [5.74, 6) is 1.86. The lowest BCUT2D eigenvalue weighted by molar-refractivity contribution is -0.137. The third kappa shape index (κ3) is 4.38. The van der Waals surface area contributed by atoms with Crippen molar-refractivity contribution in [2.45, 2.75) is 25.8 Å². The normalized spacial score (nSPS) is 11.7. The molecule has 0 fully saturated rings. The summed E-state index contributed by atoms with van der Waals surface area (Å²) in [7, 11) is -1.71. The molecule has 1 aromatic rings. The number of benzene rings is 1. The topological polar surface area (TPSA) is 17.1 Å². The Balaban J connectivity index is 3.04. The van der Waals surface area contributed by atoms with E-state index in [4.69, 9.17) is 0 Å². The lowest BCUT2D eigenvalue weighted by atomic mass is 10.1. The molecule has 1 nitrogen and oxygen atoms in total. The van der Waals surface area contributed by atoms with Crippen molar-refractivity contribution in [3.05, 3.63) is 35.4 Å². The third-order valence-corrected chi connectivity index (χ3v) is 2.88. The van der Waals surface area contributed by atoms with Gasteiger partial charge in [-0.05, 0) is 18.1 Å². The van der Waals surface area contributed by atoms with Gasteiger partial charge in [-0.2, -0.15) is 13.2 Å². The van der Waals surface area contributed by atoms with Gasteiger partial charge in [0.25, 0.3) is 0 Å². The van der Waals surface area contributed by atoms with Crippen molar-refractivity contribution < 1.29 is 18.0 Å². The van der Waals surface area contributed by atoms with Crippen molar-refractivity contribution in [3.63, 3.8) is 0 Å². The van der Waals surface area contributed by atoms with Gasteiger partial charge in [0, 0.05) is 5.56 Å². The van der Waals surface area contributed by atoms with Crippen LogP contribution in [0.5, 0.6) is 0 Å². The highest BCUT2D eigenvalue weighted by atomic mass is 28.3. The van der Waals surface area contributed by atoms with Gasteiger partial charge in [-0.3, -0.25) is 4.79 Å². The van der Waals surface area contributed by atoms with Crippen molar-refractivity contribution in [2.75, 3.05) is 0 Å². The lowest BCUT2D eigenvalue weighted by Gasteiger charge is -2.07. The zero-order chi connectivity index (χ0) is 14.0. The Kier molecular flexibility index (Phi) is 4.02. The van der Waals surface area contributed by atoms with Gasteiger partial charge in [-0.1, -0.05) is 31.8 Å². The van der Waals surface area contributed by atoms with Gasteiger partial charge in [-0.25, -0.2) is 0 Å². The molecule has 0 aromatic heterocycles. The average Bonchev–Trinajstić information content (AvgIpc) is 2.24. The summed E-state index contributed by atoms with van der Waals surface area (Å²) < 4.78 is 37.4. The monoisotopic (exact) mass is 270 g/mol. The molecule has 0 radical (unpaired) electrons. The highest BCUT2D eigenvalue weighted by molar-refractivity contribution is 6.84. The van der Waals surface area contributed by atoms with Crippen LogP contribution < -0.4 is 0 Å². The molecule has 0 aliphatic carbocycles. The lowest BCUT2D eigenvalue weighted by Crippen LogP contribution is -2.17. The van der Waals surface area contributed by atoms with Crippen molar-refractivity contribution >= 4 is 13.9 Å². The molecule has 0 amide bonds. The predicted molar refractivity (Wildman–Crippen MR) is 66.9 cm³/mol. The molecule has 0 unspecified atom stereocenters. The number of carbonyl (C=O) groups is 1. The Labute approximate surface area is 105 Å². The Bertz CT molecular complexity index is 516. The first-order chi connectivity index (χ1) is 8.09. The van der Waals surface area contributed by atoms with Gasteiger partial charge in [0.1, 0.15) is 8.07 Å². The second-order valence-corrected chi connectivity index (χ2v) is 9.66. The third-order valence-electron chi connectivity index (χ3n) is 2.00. The molecule has 0 aliphatic heterocycles. The first-order valence-electron chi connectivity index (χ1n) is 5.34. The molecular formula is C13H13F3OSi. The fourth-order valence-electron chi connectivity index (χ4n) is 1.15. The quantitative estimate of drug-likeness (QED) is 0.431. The molecule has 0 heterocycles. The first-order valence-corrected chi connectivity index (χ1v) is 8.84. The number of alkyl halides is 3. The maximum atomic E-state index is 12.5. The summed E-state index contributed by atoms with van der Waals surface area (Å²) in [4.78, 5) is 11.7. The van der Waals surface area contributed by atoms with Crippen molar-refractivity contribution in [1.82, 2.24) is 0 Å². The molecule has 18 heavy (non-hydrogen) atoms.